The minimum Gasteiger partial charge on any atom is -0.288 e. The van der Waals surface area contributed by atoms with E-state index in [1.807, 2.05) is 12.1 Å². The Bertz CT molecular complexity index is 760. The molecule has 1 aliphatic rings. The zero-order valence-corrected chi connectivity index (χ0v) is 14.8. The molecule has 0 spiro atoms. The number of ketones is 2. The summed E-state index contributed by atoms with van der Waals surface area (Å²) in [6.07, 6.45) is 9.19. The first-order chi connectivity index (χ1) is 12.2. The maximum absolute atomic E-state index is 12.4. The van der Waals surface area contributed by atoms with Crippen molar-refractivity contribution in [3.63, 3.8) is 0 Å². The number of allylic oxidation sites excluding steroid dienone is 1. The Morgan fingerprint density at radius 1 is 0.760 bits per heavy atom. The van der Waals surface area contributed by atoms with Crippen LogP contribution in [0.2, 0.25) is 0 Å². The molecular weight excluding hydrogens is 308 g/mol. The molecule has 0 unspecified atom stereocenters. The molecule has 0 fully saturated rings. The molecule has 0 bridgehead atoms. The highest BCUT2D eigenvalue weighted by atomic mass is 16.2. The lowest BCUT2D eigenvalue weighted by Crippen LogP contribution is -2.00. The highest BCUT2D eigenvalue weighted by Gasteiger charge is 2.32. The molecule has 0 saturated carbocycles. The molecule has 3 rings (SSSR count). The van der Waals surface area contributed by atoms with Crippen LogP contribution in [0.1, 0.15) is 70.9 Å². The van der Waals surface area contributed by atoms with Crippen molar-refractivity contribution >= 4 is 17.6 Å². The topological polar surface area (TPSA) is 34.1 Å². The number of rotatable bonds is 7. The summed E-state index contributed by atoms with van der Waals surface area (Å²) in [7, 11) is 0. The molecule has 0 atom stereocenters. The van der Waals surface area contributed by atoms with Crippen molar-refractivity contribution < 1.29 is 9.59 Å². The van der Waals surface area contributed by atoms with Crippen LogP contribution in [0.25, 0.3) is 6.08 Å². The van der Waals surface area contributed by atoms with E-state index in [0.717, 1.165) is 12.0 Å². The maximum Gasteiger partial charge on any atom is 0.197 e. The first-order valence-corrected chi connectivity index (χ1v) is 9.19. The predicted molar refractivity (Wildman–Crippen MR) is 102 cm³/mol. The van der Waals surface area contributed by atoms with E-state index in [2.05, 4.69) is 19.1 Å². The van der Waals surface area contributed by atoms with Crippen molar-refractivity contribution in [2.45, 2.75) is 45.4 Å². The number of carbonyl (C=O) groups excluding carboxylic acids is 2. The van der Waals surface area contributed by atoms with Crippen molar-refractivity contribution in [3.8, 4) is 0 Å². The summed E-state index contributed by atoms with van der Waals surface area (Å²) in [5.74, 6) is -0.332. The van der Waals surface area contributed by atoms with Gasteiger partial charge in [0, 0.05) is 11.1 Å². The van der Waals surface area contributed by atoms with Crippen molar-refractivity contribution in [2.75, 3.05) is 0 Å². The van der Waals surface area contributed by atoms with Gasteiger partial charge < -0.3 is 0 Å². The number of unbranched alkanes of at least 4 members (excludes halogenated alkanes) is 4. The quantitative estimate of drug-likeness (QED) is 0.372. The van der Waals surface area contributed by atoms with Gasteiger partial charge in [0.05, 0.1) is 5.57 Å². The highest BCUT2D eigenvalue weighted by molar-refractivity contribution is 6.41. The van der Waals surface area contributed by atoms with Crippen LogP contribution in [0, 0.1) is 0 Å². The lowest BCUT2D eigenvalue weighted by molar-refractivity contribution is 0.0990. The molecule has 0 heterocycles. The van der Waals surface area contributed by atoms with E-state index in [1.54, 1.807) is 30.3 Å². The first-order valence-electron chi connectivity index (χ1n) is 9.19. The Morgan fingerprint density at radius 3 is 1.96 bits per heavy atom. The van der Waals surface area contributed by atoms with Gasteiger partial charge >= 0.3 is 0 Å². The maximum atomic E-state index is 12.4. The Labute approximate surface area is 149 Å². The van der Waals surface area contributed by atoms with Gasteiger partial charge in [-0.25, -0.2) is 0 Å². The number of aryl methyl sites for hydroxylation is 1. The SMILES string of the molecule is CCCCCCCc1ccc(C=C2C(=O)c3ccccc3C2=O)cc1. The summed E-state index contributed by atoms with van der Waals surface area (Å²) >= 11 is 0. The fourth-order valence-electron chi connectivity index (χ4n) is 3.28. The Balaban J connectivity index is 1.67. The molecule has 0 amide bonds. The molecule has 0 radical (unpaired) electrons. The van der Waals surface area contributed by atoms with Crippen molar-refractivity contribution in [3.05, 3.63) is 76.4 Å². The van der Waals surface area contributed by atoms with E-state index < -0.39 is 0 Å². The van der Waals surface area contributed by atoms with E-state index in [4.69, 9.17) is 0 Å². The van der Waals surface area contributed by atoms with Gasteiger partial charge in [-0.15, -0.1) is 0 Å². The molecular formula is C23H24O2. The minimum atomic E-state index is -0.166. The standard InChI is InChI=1S/C23H24O2/c1-2-3-4-5-6-9-17-12-14-18(15-13-17)16-21-22(24)19-10-7-8-11-20(19)23(21)25/h7-8,10-16H,2-6,9H2,1H3. The summed E-state index contributed by atoms with van der Waals surface area (Å²) in [4.78, 5) is 24.8. The summed E-state index contributed by atoms with van der Waals surface area (Å²) in [5, 5.41) is 0. The van der Waals surface area contributed by atoms with E-state index >= 15 is 0 Å². The monoisotopic (exact) mass is 332 g/mol. The van der Waals surface area contributed by atoms with Crippen LogP contribution in [0.15, 0.2) is 54.1 Å². The largest absolute Gasteiger partial charge is 0.288 e. The minimum absolute atomic E-state index is 0.166. The zero-order valence-electron chi connectivity index (χ0n) is 14.8. The summed E-state index contributed by atoms with van der Waals surface area (Å²) < 4.78 is 0. The van der Waals surface area contributed by atoms with Gasteiger partial charge in [-0.3, -0.25) is 9.59 Å². The molecule has 25 heavy (non-hydrogen) atoms. The molecule has 1 aliphatic carbocycles. The number of carbonyl (C=O) groups is 2. The average Bonchev–Trinajstić information content (AvgIpc) is 2.88. The van der Waals surface area contributed by atoms with Crippen LogP contribution in [0.4, 0.5) is 0 Å². The Hall–Kier alpha value is -2.48. The third-order valence-electron chi connectivity index (χ3n) is 4.77. The van der Waals surface area contributed by atoms with Crippen LogP contribution in [-0.2, 0) is 6.42 Å². The second kappa shape index (κ2) is 8.06. The van der Waals surface area contributed by atoms with Gasteiger partial charge in [0.1, 0.15) is 0 Å². The van der Waals surface area contributed by atoms with Gasteiger partial charge in [-0.1, -0.05) is 81.1 Å². The molecule has 128 valence electrons. The van der Waals surface area contributed by atoms with Gasteiger partial charge in [0.25, 0.3) is 0 Å². The Morgan fingerprint density at radius 2 is 1.36 bits per heavy atom. The van der Waals surface area contributed by atoms with Crippen LogP contribution in [0.3, 0.4) is 0 Å². The van der Waals surface area contributed by atoms with Crippen LogP contribution in [0.5, 0.6) is 0 Å². The van der Waals surface area contributed by atoms with Crippen LogP contribution in [-0.4, -0.2) is 11.6 Å². The van der Waals surface area contributed by atoms with Gasteiger partial charge in [0.15, 0.2) is 11.6 Å². The second-order valence-corrected chi connectivity index (χ2v) is 6.67. The molecule has 2 aromatic carbocycles. The summed E-state index contributed by atoms with van der Waals surface area (Å²) in [5.41, 5.74) is 3.52. The average molecular weight is 332 g/mol. The molecule has 2 heteroatoms. The van der Waals surface area contributed by atoms with E-state index in [9.17, 15) is 9.59 Å². The first kappa shape index (κ1) is 17.3. The molecule has 2 nitrogen and oxygen atoms in total. The number of fused-ring (bicyclic) bond motifs is 1. The molecule has 0 N–H and O–H groups in total. The van der Waals surface area contributed by atoms with E-state index in [0.29, 0.717) is 11.1 Å². The fourth-order valence-corrected chi connectivity index (χ4v) is 3.28. The van der Waals surface area contributed by atoms with Crippen LogP contribution < -0.4 is 0 Å². The molecule has 0 aromatic heterocycles. The molecule has 2 aromatic rings. The summed E-state index contributed by atoms with van der Waals surface area (Å²) in [6, 6.07) is 15.2. The Kier molecular flexibility index (Phi) is 5.60. The highest BCUT2D eigenvalue weighted by Crippen LogP contribution is 2.27. The number of Topliss-reactive ketones (excluding diaryl/α,β-unsaturated/α-hetero) is 2. The van der Waals surface area contributed by atoms with Crippen molar-refractivity contribution in [1.82, 2.24) is 0 Å². The third-order valence-corrected chi connectivity index (χ3v) is 4.77. The third kappa shape index (κ3) is 3.96. The lowest BCUT2D eigenvalue weighted by atomic mass is 10.0. The number of hydrogen-bond acceptors (Lipinski definition) is 2. The number of hydrogen-bond donors (Lipinski definition) is 0. The van der Waals surface area contributed by atoms with Gasteiger partial charge in [-0.2, -0.15) is 0 Å². The molecule has 0 aliphatic heterocycles. The van der Waals surface area contributed by atoms with E-state index in [-0.39, 0.29) is 17.1 Å². The molecule has 0 saturated heterocycles. The van der Waals surface area contributed by atoms with Crippen molar-refractivity contribution in [2.24, 2.45) is 0 Å². The van der Waals surface area contributed by atoms with Crippen LogP contribution >= 0.6 is 0 Å². The smallest absolute Gasteiger partial charge is 0.197 e. The summed E-state index contributed by atoms with van der Waals surface area (Å²) in [6.45, 7) is 2.23. The lowest BCUT2D eigenvalue weighted by Gasteiger charge is -2.03. The second-order valence-electron chi connectivity index (χ2n) is 6.67. The normalized spacial score (nSPS) is 13.2. The zero-order chi connectivity index (χ0) is 17.6. The van der Waals surface area contributed by atoms with Gasteiger partial charge in [0.2, 0.25) is 0 Å². The fraction of sp³-hybridized carbons (Fsp3) is 0.304. The number of benzene rings is 2. The van der Waals surface area contributed by atoms with Gasteiger partial charge in [-0.05, 0) is 30.0 Å². The predicted octanol–water partition coefficient (Wildman–Crippen LogP) is 5.66. The van der Waals surface area contributed by atoms with E-state index in [1.165, 1.54) is 37.7 Å². The van der Waals surface area contributed by atoms with Crippen molar-refractivity contribution in [1.29, 1.82) is 0 Å².